The fourth-order valence-electron chi connectivity index (χ4n) is 8.70. The number of hydrogen-bond acceptors (Lipinski definition) is 2. The van der Waals surface area contributed by atoms with Crippen LogP contribution in [0.5, 0.6) is 0 Å². The smallest absolute Gasteiger partial charge is 0.136 e. The molecule has 0 aliphatic carbocycles. The quantitative estimate of drug-likeness (QED) is 0.168. The number of hydrogen-bond donors (Lipinski definition) is 0. The van der Waals surface area contributed by atoms with Crippen molar-refractivity contribution in [2.75, 3.05) is 4.90 Å². The van der Waals surface area contributed by atoms with Crippen molar-refractivity contribution in [2.24, 2.45) is 0 Å². The highest BCUT2D eigenvalue weighted by Crippen LogP contribution is 2.47. The SMILES string of the molecule is c1ccc(-c2ccccc2N(c2cccc(-c3cccc4c5ccc6oc7ccccc7c6c5c5ccccc5c34)c2)c2cccc3ccccc23)cc1. The Kier molecular flexibility index (Phi) is 6.90. The first kappa shape index (κ1) is 30.5. The summed E-state index contributed by atoms with van der Waals surface area (Å²) >= 11 is 0. The summed E-state index contributed by atoms with van der Waals surface area (Å²) < 4.78 is 6.38. The Labute approximate surface area is 312 Å². The summed E-state index contributed by atoms with van der Waals surface area (Å²) in [5.41, 5.74) is 9.93. The predicted octanol–water partition coefficient (Wildman–Crippen LogP) is 15.0. The van der Waals surface area contributed by atoms with Crippen LogP contribution in [0.2, 0.25) is 0 Å². The number of anilines is 3. The highest BCUT2D eigenvalue weighted by molar-refractivity contribution is 6.36. The summed E-state index contributed by atoms with van der Waals surface area (Å²) in [5.74, 6) is 0. The summed E-state index contributed by atoms with van der Waals surface area (Å²) in [7, 11) is 0. The van der Waals surface area contributed by atoms with Gasteiger partial charge in [-0.2, -0.15) is 0 Å². The molecule has 11 rings (SSSR count). The van der Waals surface area contributed by atoms with Gasteiger partial charge in [-0.1, -0.05) is 158 Å². The molecule has 252 valence electrons. The number of furan rings is 1. The summed E-state index contributed by atoms with van der Waals surface area (Å²) in [6, 6.07) is 72.2. The van der Waals surface area contributed by atoms with Crippen molar-refractivity contribution in [1.82, 2.24) is 0 Å². The molecule has 2 nitrogen and oxygen atoms in total. The maximum absolute atomic E-state index is 6.38. The standard InChI is InChI=1S/C52H33NO/c1-2-15-34(16-3-1)38-22-8-10-28-46(38)53(47-29-13-18-35-17-4-5-21-39(35)47)37-20-12-19-36(33-37)40-26-14-27-42-44-31-32-49-52(45-25-9-11-30-48(45)54-49)51(44)43-24-7-6-23-41(43)50(40)42/h1-33H. The van der Waals surface area contributed by atoms with E-state index in [9.17, 15) is 0 Å². The predicted molar refractivity (Wildman–Crippen MR) is 229 cm³/mol. The average Bonchev–Trinajstić information content (AvgIpc) is 3.63. The topological polar surface area (TPSA) is 16.4 Å². The lowest BCUT2D eigenvalue weighted by Gasteiger charge is -2.29. The van der Waals surface area contributed by atoms with E-state index in [2.05, 4.69) is 199 Å². The maximum atomic E-state index is 6.38. The lowest BCUT2D eigenvalue weighted by Crippen LogP contribution is -2.12. The molecule has 0 radical (unpaired) electrons. The molecule has 2 heteroatoms. The van der Waals surface area contributed by atoms with Gasteiger partial charge in [-0.25, -0.2) is 0 Å². The van der Waals surface area contributed by atoms with E-state index in [0.29, 0.717) is 0 Å². The Morgan fingerprint density at radius 1 is 0.315 bits per heavy atom. The monoisotopic (exact) mass is 687 g/mol. The van der Waals surface area contributed by atoms with Crippen molar-refractivity contribution < 1.29 is 4.42 Å². The third-order valence-corrected chi connectivity index (χ3v) is 11.0. The Hall–Kier alpha value is -7.16. The van der Waals surface area contributed by atoms with Gasteiger partial charge in [0.15, 0.2) is 0 Å². The lowest BCUT2D eigenvalue weighted by molar-refractivity contribution is 0.669. The molecule has 0 aliphatic heterocycles. The zero-order valence-electron chi connectivity index (χ0n) is 29.4. The van der Waals surface area contributed by atoms with E-state index in [1.165, 1.54) is 70.7 Å². The number of nitrogens with zero attached hydrogens (tertiary/aromatic N) is 1. The second-order valence-corrected chi connectivity index (χ2v) is 14.0. The van der Waals surface area contributed by atoms with Gasteiger partial charge in [0.1, 0.15) is 11.2 Å². The van der Waals surface area contributed by atoms with Crippen LogP contribution in [0.15, 0.2) is 205 Å². The molecule has 11 aromatic rings. The van der Waals surface area contributed by atoms with Crippen molar-refractivity contribution in [2.45, 2.75) is 0 Å². The van der Waals surface area contributed by atoms with Crippen LogP contribution in [0.3, 0.4) is 0 Å². The molecule has 0 bridgehead atoms. The third-order valence-electron chi connectivity index (χ3n) is 11.0. The molecular formula is C52H33NO. The molecule has 54 heavy (non-hydrogen) atoms. The molecule has 1 heterocycles. The maximum Gasteiger partial charge on any atom is 0.136 e. The van der Waals surface area contributed by atoms with Crippen molar-refractivity contribution in [1.29, 1.82) is 0 Å². The summed E-state index contributed by atoms with van der Waals surface area (Å²) in [4.78, 5) is 2.44. The van der Waals surface area contributed by atoms with Gasteiger partial charge in [-0.15, -0.1) is 0 Å². The molecule has 0 N–H and O–H groups in total. The van der Waals surface area contributed by atoms with Gasteiger partial charge in [-0.05, 0) is 91.5 Å². The van der Waals surface area contributed by atoms with E-state index in [-0.39, 0.29) is 0 Å². The molecule has 0 aliphatic rings. The van der Waals surface area contributed by atoms with Crippen LogP contribution in [0.1, 0.15) is 0 Å². The number of fused-ring (bicyclic) bond motifs is 11. The van der Waals surface area contributed by atoms with Gasteiger partial charge >= 0.3 is 0 Å². The highest BCUT2D eigenvalue weighted by Gasteiger charge is 2.21. The molecule has 0 atom stereocenters. The largest absolute Gasteiger partial charge is 0.456 e. The highest BCUT2D eigenvalue weighted by atomic mass is 16.3. The Morgan fingerprint density at radius 3 is 1.76 bits per heavy atom. The first-order valence-corrected chi connectivity index (χ1v) is 18.5. The van der Waals surface area contributed by atoms with E-state index >= 15 is 0 Å². The van der Waals surface area contributed by atoms with E-state index in [4.69, 9.17) is 4.42 Å². The number of benzene rings is 10. The molecule has 0 spiro atoms. The van der Waals surface area contributed by atoms with Crippen molar-refractivity contribution >= 4 is 82.1 Å². The van der Waals surface area contributed by atoms with Gasteiger partial charge in [0.25, 0.3) is 0 Å². The zero-order valence-corrected chi connectivity index (χ0v) is 29.4. The van der Waals surface area contributed by atoms with Crippen molar-refractivity contribution in [3.63, 3.8) is 0 Å². The van der Waals surface area contributed by atoms with Gasteiger partial charge in [-0.3, -0.25) is 0 Å². The van der Waals surface area contributed by atoms with Crippen LogP contribution in [0.25, 0.3) is 87.3 Å². The average molecular weight is 688 g/mol. The van der Waals surface area contributed by atoms with E-state index in [0.717, 1.165) is 33.6 Å². The van der Waals surface area contributed by atoms with Crippen LogP contribution in [-0.2, 0) is 0 Å². The summed E-state index contributed by atoms with van der Waals surface area (Å²) in [5, 5.41) is 12.2. The van der Waals surface area contributed by atoms with E-state index < -0.39 is 0 Å². The fourth-order valence-corrected chi connectivity index (χ4v) is 8.70. The molecule has 0 unspecified atom stereocenters. The first-order valence-electron chi connectivity index (χ1n) is 18.5. The van der Waals surface area contributed by atoms with Crippen LogP contribution in [0.4, 0.5) is 17.1 Å². The normalized spacial score (nSPS) is 11.7. The number of rotatable bonds is 5. The second kappa shape index (κ2) is 12.2. The van der Waals surface area contributed by atoms with Crippen LogP contribution in [-0.4, -0.2) is 0 Å². The van der Waals surface area contributed by atoms with Crippen LogP contribution < -0.4 is 4.90 Å². The van der Waals surface area contributed by atoms with Crippen molar-refractivity contribution in [3.8, 4) is 22.3 Å². The van der Waals surface area contributed by atoms with Crippen LogP contribution >= 0.6 is 0 Å². The molecule has 10 aromatic carbocycles. The van der Waals surface area contributed by atoms with Gasteiger partial charge in [0, 0.05) is 32.8 Å². The minimum Gasteiger partial charge on any atom is -0.456 e. The van der Waals surface area contributed by atoms with Crippen molar-refractivity contribution in [3.05, 3.63) is 200 Å². The molecule has 0 fully saturated rings. The molecular weight excluding hydrogens is 655 g/mol. The molecule has 1 aromatic heterocycles. The summed E-state index contributed by atoms with van der Waals surface area (Å²) in [6.07, 6.45) is 0. The molecule has 0 amide bonds. The fraction of sp³-hybridized carbons (Fsp3) is 0. The van der Waals surface area contributed by atoms with Gasteiger partial charge in [0.05, 0.1) is 11.4 Å². The number of para-hydroxylation sites is 2. The van der Waals surface area contributed by atoms with Gasteiger partial charge < -0.3 is 9.32 Å². The van der Waals surface area contributed by atoms with E-state index in [1.807, 2.05) is 6.07 Å². The minimum atomic E-state index is 0.916. The zero-order chi connectivity index (χ0) is 35.6. The molecule has 0 saturated carbocycles. The first-order chi connectivity index (χ1) is 26.8. The second-order valence-electron chi connectivity index (χ2n) is 14.0. The molecule has 0 saturated heterocycles. The minimum absolute atomic E-state index is 0.916. The van der Waals surface area contributed by atoms with Crippen LogP contribution in [0, 0.1) is 0 Å². The summed E-state index contributed by atoms with van der Waals surface area (Å²) in [6.45, 7) is 0. The van der Waals surface area contributed by atoms with E-state index in [1.54, 1.807) is 0 Å². The Morgan fingerprint density at radius 2 is 0.889 bits per heavy atom. The third kappa shape index (κ3) is 4.67. The van der Waals surface area contributed by atoms with Gasteiger partial charge in [0.2, 0.25) is 0 Å². The lowest BCUT2D eigenvalue weighted by atomic mass is 9.88. The Balaban J connectivity index is 1.19. The Bertz CT molecular complexity index is 3190.